The van der Waals surface area contributed by atoms with Crippen LogP contribution in [0.15, 0.2) is 0 Å². The Kier molecular flexibility index (Phi) is 3.13. The second-order valence-corrected chi connectivity index (χ2v) is 4.32. The van der Waals surface area contributed by atoms with E-state index in [1.807, 2.05) is 13.8 Å². The lowest BCUT2D eigenvalue weighted by atomic mass is 9.69. The molecule has 14 heavy (non-hydrogen) atoms. The van der Waals surface area contributed by atoms with Crippen molar-refractivity contribution in [2.45, 2.75) is 26.7 Å². The molecule has 1 saturated carbocycles. The van der Waals surface area contributed by atoms with Gasteiger partial charge in [-0.15, -0.1) is 0 Å². The lowest BCUT2D eigenvalue weighted by molar-refractivity contribution is -0.157. The monoisotopic (exact) mass is 200 g/mol. The van der Waals surface area contributed by atoms with Crippen LogP contribution >= 0.6 is 0 Å². The Morgan fingerprint density at radius 3 is 1.43 bits per heavy atom. The Bertz CT molecular complexity index is 223. The van der Waals surface area contributed by atoms with Crippen molar-refractivity contribution in [1.29, 1.82) is 0 Å². The summed E-state index contributed by atoms with van der Waals surface area (Å²) < 4.78 is 0. The van der Waals surface area contributed by atoms with E-state index in [9.17, 15) is 9.59 Å². The topological polar surface area (TPSA) is 74.6 Å². The average molecular weight is 200 g/mol. The quantitative estimate of drug-likeness (QED) is 0.707. The summed E-state index contributed by atoms with van der Waals surface area (Å²) in [7, 11) is 0. The molecule has 4 heteroatoms. The zero-order valence-corrected chi connectivity index (χ0v) is 8.43. The molecule has 1 aliphatic carbocycles. The van der Waals surface area contributed by atoms with Crippen LogP contribution in [0.1, 0.15) is 26.7 Å². The Hall–Kier alpha value is -1.06. The molecule has 1 aliphatic rings. The van der Waals surface area contributed by atoms with Crippen molar-refractivity contribution >= 4 is 11.9 Å². The Balaban J connectivity index is 2.80. The summed E-state index contributed by atoms with van der Waals surface area (Å²) in [4.78, 5) is 21.7. The fraction of sp³-hybridized carbons (Fsp3) is 0.800. The molecule has 0 aromatic carbocycles. The summed E-state index contributed by atoms with van der Waals surface area (Å²) >= 11 is 0. The van der Waals surface area contributed by atoms with Crippen molar-refractivity contribution in [3.8, 4) is 0 Å². The molecule has 0 aromatic heterocycles. The molecule has 0 heterocycles. The summed E-state index contributed by atoms with van der Waals surface area (Å²) in [5.41, 5.74) is 0. The highest BCUT2D eigenvalue weighted by atomic mass is 16.4. The molecule has 1 fully saturated rings. The van der Waals surface area contributed by atoms with Crippen LogP contribution in [0.4, 0.5) is 0 Å². The number of carboxylic acid groups (broad SMARTS) is 2. The van der Waals surface area contributed by atoms with E-state index in [1.54, 1.807) is 0 Å². The number of carboxylic acids is 2. The number of rotatable bonds is 2. The predicted molar refractivity (Wildman–Crippen MR) is 49.8 cm³/mol. The van der Waals surface area contributed by atoms with Crippen molar-refractivity contribution < 1.29 is 19.8 Å². The van der Waals surface area contributed by atoms with E-state index < -0.39 is 23.8 Å². The van der Waals surface area contributed by atoms with Gasteiger partial charge < -0.3 is 10.2 Å². The van der Waals surface area contributed by atoms with Gasteiger partial charge >= 0.3 is 11.9 Å². The van der Waals surface area contributed by atoms with Gasteiger partial charge in [0.15, 0.2) is 0 Å². The summed E-state index contributed by atoms with van der Waals surface area (Å²) in [5, 5.41) is 17.8. The van der Waals surface area contributed by atoms with E-state index in [1.165, 1.54) is 0 Å². The minimum Gasteiger partial charge on any atom is -0.481 e. The first-order valence-electron chi connectivity index (χ1n) is 4.89. The molecule has 4 atom stereocenters. The highest BCUT2D eigenvalue weighted by Gasteiger charge is 2.40. The van der Waals surface area contributed by atoms with Gasteiger partial charge in [-0.2, -0.15) is 0 Å². The van der Waals surface area contributed by atoms with E-state index in [2.05, 4.69) is 0 Å². The maximum absolute atomic E-state index is 10.9. The summed E-state index contributed by atoms with van der Waals surface area (Å²) in [5.74, 6) is -2.77. The average Bonchev–Trinajstić information content (AvgIpc) is 2.08. The third kappa shape index (κ3) is 2.05. The van der Waals surface area contributed by atoms with Gasteiger partial charge in [0.2, 0.25) is 0 Å². The smallest absolute Gasteiger partial charge is 0.307 e. The minimum atomic E-state index is -0.976. The van der Waals surface area contributed by atoms with Gasteiger partial charge in [0.05, 0.1) is 11.8 Å². The first-order valence-corrected chi connectivity index (χ1v) is 4.89. The Morgan fingerprint density at radius 1 is 0.929 bits per heavy atom. The van der Waals surface area contributed by atoms with Crippen molar-refractivity contribution in [3.63, 3.8) is 0 Å². The third-order valence-electron chi connectivity index (χ3n) is 3.34. The summed E-state index contributed by atoms with van der Waals surface area (Å²) in [6.45, 7) is 3.97. The Labute approximate surface area is 82.9 Å². The van der Waals surface area contributed by atoms with Crippen LogP contribution in [-0.2, 0) is 9.59 Å². The number of aliphatic carboxylic acids is 2. The van der Waals surface area contributed by atoms with Crippen molar-refractivity contribution in [2.75, 3.05) is 0 Å². The molecule has 0 amide bonds. The van der Waals surface area contributed by atoms with Gasteiger partial charge in [-0.1, -0.05) is 13.8 Å². The van der Waals surface area contributed by atoms with Crippen molar-refractivity contribution in [1.82, 2.24) is 0 Å². The molecule has 0 aromatic rings. The maximum Gasteiger partial charge on any atom is 0.307 e. The molecule has 0 radical (unpaired) electrons. The SMILES string of the molecule is C[C@@H]1C[C@H](C(=O)O)[C@H](C(=O)O)C[C@H]1C. The van der Waals surface area contributed by atoms with Gasteiger partial charge in [-0.3, -0.25) is 9.59 Å². The standard InChI is InChI=1S/C10H16O4/c1-5-3-7(9(11)12)8(10(13)14)4-6(5)2/h5-8H,3-4H2,1-2H3,(H,11,12)(H,13,14)/t5-,6-,7-,8+/m1/s1. The highest BCUT2D eigenvalue weighted by molar-refractivity contribution is 5.80. The molecule has 0 bridgehead atoms. The first-order chi connectivity index (χ1) is 6.43. The predicted octanol–water partition coefficient (Wildman–Crippen LogP) is 1.45. The Morgan fingerprint density at radius 2 is 1.21 bits per heavy atom. The van der Waals surface area contributed by atoms with Crippen molar-refractivity contribution in [2.24, 2.45) is 23.7 Å². The molecular weight excluding hydrogens is 184 g/mol. The van der Waals surface area contributed by atoms with Crippen LogP contribution < -0.4 is 0 Å². The zero-order chi connectivity index (χ0) is 10.9. The summed E-state index contributed by atoms with van der Waals surface area (Å²) in [6, 6.07) is 0. The number of hydrogen-bond acceptors (Lipinski definition) is 2. The fourth-order valence-corrected chi connectivity index (χ4v) is 2.14. The van der Waals surface area contributed by atoms with E-state index in [4.69, 9.17) is 10.2 Å². The normalized spacial score (nSPS) is 37.9. The molecule has 2 N–H and O–H groups in total. The molecule has 80 valence electrons. The van der Waals surface area contributed by atoms with Gasteiger partial charge in [0.1, 0.15) is 0 Å². The van der Waals surface area contributed by atoms with Gasteiger partial charge in [0.25, 0.3) is 0 Å². The van der Waals surface area contributed by atoms with E-state index in [0.717, 1.165) is 0 Å². The zero-order valence-electron chi connectivity index (χ0n) is 8.43. The van der Waals surface area contributed by atoms with Gasteiger partial charge in [0, 0.05) is 0 Å². The van der Waals surface area contributed by atoms with E-state index >= 15 is 0 Å². The van der Waals surface area contributed by atoms with Crippen LogP contribution in [0.3, 0.4) is 0 Å². The molecule has 1 rings (SSSR count). The lowest BCUT2D eigenvalue weighted by Crippen LogP contribution is -2.38. The molecule has 0 saturated heterocycles. The molecular formula is C10H16O4. The van der Waals surface area contributed by atoms with Crippen LogP contribution in [0.25, 0.3) is 0 Å². The second kappa shape index (κ2) is 3.98. The van der Waals surface area contributed by atoms with Crippen LogP contribution in [0.5, 0.6) is 0 Å². The first kappa shape index (κ1) is 11.0. The molecule has 4 nitrogen and oxygen atoms in total. The molecule has 0 aliphatic heterocycles. The largest absolute Gasteiger partial charge is 0.481 e. The molecule has 0 unspecified atom stereocenters. The van der Waals surface area contributed by atoms with E-state index in [0.29, 0.717) is 24.7 Å². The van der Waals surface area contributed by atoms with Gasteiger partial charge in [-0.05, 0) is 24.7 Å². The number of carbonyl (C=O) groups is 2. The third-order valence-corrected chi connectivity index (χ3v) is 3.34. The number of hydrogen-bond donors (Lipinski definition) is 2. The van der Waals surface area contributed by atoms with Crippen LogP contribution in [-0.4, -0.2) is 22.2 Å². The highest BCUT2D eigenvalue weighted by Crippen LogP contribution is 2.37. The van der Waals surface area contributed by atoms with Crippen LogP contribution in [0, 0.1) is 23.7 Å². The van der Waals surface area contributed by atoms with E-state index in [-0.39, 0.29) is 0 Å². The summed E-state index contributed by atoms with van der Waals surface area (Å²) in [6.07, 6.45) is 0.959. The molecule has 0 spiro atoms. The minimum absolute atomic E-state index is 0.298. The fourth-order valence-electron chi connectivity index (χ4n) is 2.14. The van der Waals surface area contributed by atoms with Gasteiger partial charge in [-0.25, -0.2) is 0 Å². The lowest BCUT2D eigenvalue weighted by Gasteiger charge is -2.34. The van der Waals surface area contributed by atoms with Crippen LogP contribution in [0.2, 0.25) is 0 Å². The van der Waals surface area contributed by atoms with Crippen molar-refractivity contribution in [3.05, 3.63) is 0 Å². The maximum atomic E-state index is 10.9. The second-order valence-electron chi connectivity index (χ2n) is 4.32.